The summed E-state index contributed by atoms with van der Waals surface area (Å²) in [6.07, 6.45) is 5.07. The summed E-state index contributed by atoms with van der Waals surface area (Å²) in [4.78, 5) is 9.66. The zero-order valence-electron chi connectivity index (χ0n) is 22.1. The fourth-order valence-electron chi connectivity index (χ4n) is 4.43. The van der Waals surface area contributed by atoms with E-state index in [9.17, 15) is 13.7 Å². The fraction of sp³-hybridized carbons (Fsp3) is 0.156. The van der Waals surface area contributed by atoms with Gasteiger partial charge in [-0.2, -0.15) is 5.26 Å². The maximum Gasteiger partial charge on any atom is 0.175 e. The average molecular weight is 550 g/mol. The number of thiazole rings is 1. The summed E-state index contributed by atoms with van der Waals surface area (Å²) >= 11 is 1.55. The third-order valence-corrected chi connectivity index (χ3v) is 8.78. The highest BCUT2D eigenvalue weighted by Gasteiger charge is 2.22. The van der Waals surface area contributed by atoms with Crippen molar-refractivity contribution in [2.24, 2.45) is 0 Å². The number of fused-ring (bicyclic) bond motifs is 1. The maximum absolute atomic E-state index is 12.0. The van der Waals surface area contributed by atoms with Crippen molar-refractivity contribution in [1.82, 2.24) is 9.97 Å². The molecule has 0 aliphatic rings. The van der Waals surface area contributed by atoms with E-state index >= 15 is 0 Å². The Morgan fingerprint density at radius 1 is 1.03 bits per heavy atom. The first-order chi connectivity index (χ1) is 18.5. The molecule has 3 aromatic carbocycles. The van der Waals surface area contributed by atoms with E-state index in [1.807, 2.05) is 68.6 Å². The molecular weight excluding hydrogens is 523 g/mol. The summed E-state index contributed by atoms with van der Waals surface area (Å²) in [5.74, 6) is 0. The standard InChI is InChI=1S/C32H27N3O2S2/c1-21-19-38-31(35-21)29(23-10-12-27(13-11-23)39(4,36)37)16-22-7-5-8-24(15-22)28-18-26(32(2,3)20-33)17-25-9-6-14-34-30(25)28/h5-19H,1-4H3/b29-16-. The van der Waals surface area contributed by atoms with Gasteiger partial charge in [0, 0.05) is 40.0 Å². The Kier molecular flexibility index (Phi) is 6.94. The van der Waals surface area contributed by atoms with Crippen molar-refractivity contribution in [3.05, 3.63) is 112 Å². The lowest BCUT2D eigenvalue weighted by Gasteiger charge is -2.19. The number of nitrogens with zero attached hydrogens (tertiary/aromatic N) is 3. The van der Waals surface area contributed by atoms with Crippen LogP contribution >= 0.6 is 11.3 Å². The van der Waals surface area contributed by atoms with Crippen LogP contribution in [0.4, 0.5) is 0 Å². The second kappa shape index (κ2) is 10.2. The second-order valence-electron chi connectivity index (χ2n) is 10.1. The highest BCUT2D eigenvalue weighted by atomic mass is 32.2. The second-order valence-corrected chi connectivity index (χ2v) is 13.0. The third kappa shape index (κ3) is 5.53. The van der Waals surface area contributed by atoms with Crippen LogP contribution < -0.4 is 0 Å². The number of rotatable bonds is 6. The van der Waals surface area contributed by atoms with Gasteiger partial charge in [0.2, 0.25) is 0 Å². The van der Waals surface area contributed by atoms with Gasteiger partial charge in [0.25, 0.3) is 0 Å². The molecule has 0 atom stereocenters. The number of benzene rings is 3. The molecule has 5 aromatic rings. The van der Waals surface area contributed by atoms with Crippen LogP contribution in [0.3, 0.4) is 0 Å². The third-order valence-electron chi connectivity index (χ3n) is 6.66. The van der Waals surface area contributed by atoms with Gasteiger partial charge in [-0.1, -0.05) is 36.4 Å². The zero-order valence-corrected chi connectivity index (χ0v) is 23.8. The molecule has 5 rings (SSSR count). The molecule has 0 saturated carbocycles. The van der Waals surface area contributed by atoms with Crippen LogP contribution in [0.1, 0.15) is 41.2 Å². The van der Waals surface area contributed by atoms with Gasteiger partial charge in [0.05, 0.1) is 21.9 Å². The van der Waals surface area contributed by atoms with Crippen LogP contribution in [-0.4, -0.2) is 24.6 Å². The van der Waals surface area contributed by atoms with Gasteiger partial charge in [-0.15, -0.1) is 11.3 Å². The first-order valence-electron chi connectivity index (χ1n) is 12.4. The van der Waals surface area contributed by atoms with Gasteiger partial charge in [-0.05, 0) is 85.5 Å². The lowest BCUT2D eigenvalue weighted by atomic mass is 9.83. The van der Waals surface area contributed by atoms with Crippen molar-refractivity contribution in [2.75, 3.05) is 6.26 Å². The number of aryl methyl sites for hydroxylation is 1. The summed E-state index contributed by atoms with van der Waals surface area (Å²) in [6.45, 7) is 5.80. The van der Waals surface area contributed by atoms with E-state index in [0.717, 1.165) is 55.0 Å². The molecule has 0 aliphatic heterocycles. The number of hydrogen-bond acceptors (Lipinski definition) is 6. The molecule has 0 spiro atoms. The Morgan fingerprint density at radius 2 is 1.79 bits per heavy atom. The van der Waals surface area contributed by atoms with Gasteiger partial charge in [-0.3, -0.25) is 4.98 Å². The van der Waals surface area contributed by atoms with Crippen molar-refractivity contribution in [3.8, 4) is 17.2 Å². The zero-order chi connectivity index (χ0) is 27.8. The molecule has 0 bridgehead atoms. The maximum atomic E-state index is 12.0. The van der Waals surface area contributed by atoms with Crippen LogP contribution in [0.15, 0.2) is 89.3 Å². The van der Waals surface area contributed by atoms with E-state index in [2.05, 4.69) is 35.3 Å². The predicted octanol–water partition coefficient (Wildman–Crippen LogP) is 7.46. The molecule has 0 N–H and O–H groups in total. The molecule has 39 heavy (non-hydrogen) atoms. The van der Waals surface area contributed by atoms with E-state index in [1.165, 1.54) is 6.26 Å². The Hall–Kier alpha value is -4.12. The van der Waals surface area contributed by atoms with Crippen molar-refractivity contribution in [2.45, 2.75) is 31.1 Å². The highest BCUT2D eigenvalue weighted by Crippen LogP contribution is 2.35. The summed E-state index contributed by atoms with van der Waals surface area (Å²) in [6, 6.07) is 25.6. The van der Waals surface area contributed by atoms with Gasteiger partial charge < -0.3 is 0 Å². The smallest absolute Gasteiger partial charge is 0.175 e. The molecule has 7 heteroatoms. The molecular formula is C32H27N3O2S2. The van der Waals surface area contributed by atoms with Gasteiger partial charge in [0.1, 0.15) is 5.01 Å². The monoisotopic (exact) mass is 549 g/mol. The Bertz CT molecular complexity index is 1880. The van der Waals surface area contributed by atoms with E-state index in [4.69, 9.17) is 4.98 Å². The minimum absolute atomic E-state index is 0.280. The topological polar surface area (TPSA) is 83.7 Å². The molecule has 0 amide bonds. The van der Waals surface area contributed by atoms with E-state index in [1.54, 1.807) is 29.7 Å². The van der Waals surface area contributed by atoms with Crippen molar-refractivity contribution in [3.63, 3.8) is 0 Å². The number of hydrogen-bond donors (Lipinski definition) is 0. The summed E-state index contributed by atoms with van der Waals surface area (Å²) in [7, 11) is -3.29. The molecule has 0 aliphatic carbocycles. The van der Waals surface area contributed by atoms with Crippen LogP contribution in [0.25, 0.3) is 33.7 Å². The number of sulfone groups is 1. The van der Waals surface area contributed by atoms with Crippen LogP contribution in [0.5, 0.6) is 0 Å². The van der Waals surface area contributed by atoms with Gasteiger partial charge in [0.15, 0.2) is 9.84 Å². The first-order valence-corrected chi connectivity index (χ1v) is 15.2. The lowest BCUT2D eigenvalue weighted by Crippen LogP contribution is -2.14. The molecule has 5 nitrogen and oxygen atoms in total. The molecule has 0 unspecified atom stereocenters. The highest BCUT2D eigenvalue weighted by molar-refractivity contribution is 7.90. The van der Waals surface area contributed by atoms with E-state index in [-0.39, 0.29) is 4.90 Å². The SMILES string of the molecule is Cc1csc(/C(=C\c2cccc(-c3cc(C(C)(C)C#N)cc4cccnc34)c2)c2ccc(S(C)(=O)=O)cc2)n1. The summed E-state index contributed by atoms with van der Waals surface area (Å²) in [5, 5.41) is 13.6. The van der Waals surface area contributed by atoms with Crippen molar-refractivity contribution in [1.29, 1.82) is 5.26 Å². The molecule has 2 heterocycles. The van der Waals surface area contributed by atoms with Crippen LogP contribution in [0.2, 0.25) is 0 Å². The predicted molar refractivity (Wildman–Crippen MR) is 159 cm³/mol. The molecule has 0 saturated heterocycles. The number of aromatic nitrogens is 2. The van der Waals surface area contributed by atoms with E-state index < -0.39 is 15.3 Å². The largest absolute Gasteiger partial charge is 0.256 e. The van der Waals surface area contributed by atoms with Crippen molar-refractivity contribution < 1.29 is 8.42 Å². The molecule has 2 aromatic heterocycles. The van der Waals surface area contributed by atoms with E-state index in [0.29, 0.717) is 0 Å². The fourth-order valence-corrected chi connectivity index (χ4v) is 5.89. The average Bonchev–Trinajstić information content (AvgIpc) is 3.36. The molecule has 0 fully saturated rings. The summed E-state index contributed by atoms with van der Waals surface area (Å²) < 4.78 is 24.0. The van der Waals surface area contributed by atoms with Gasteiger partial charge >= 0.3 is 0 Å². The normalized spacial score (nSPS) is 12.4. The summed E-state index contributed by atoms with van der Waals surface area (Å²) in [5.41, 5.74) is 6.81. The quantitative estimate of drug-likeness (QED) is 0.205. The Morgan fingerprint density at radius 3 is 2.46 bits per heavy atom. The molecule has 194 valence electrons. The Balaban J connectivity index is 1.66. The molecule has 0 radical (unpaired) electrons. The van der Waals surface area contributed by atoms with Crippen LogP contribution in [-0.2, 0) is 15.3 Å². The minimum Gasteiger partial charge on any atom is -0.256 e. The van der Waals surface area contributed by atoms with Crippen molar-refractivity contribution >= 4 is 43.7 Å². The lowest BCUT2D eigenvalue weighted by molar-refractivity contribution is 0.602. The number of nitriles is 1. The first kappa shape index (κ1) is 26.5. The Labute approximate surface area is 233 Å². The number of pyridine rings is 1. The minimum atomic E-state index is -3.29. The van der Waals surface area contributed by atoms with Gasteiger partial charge in [-0.25, -0.2) is 13.4 Å². The van der Waals surface area contributed by atoms with Crippen LogP contribution in [0, 0.1) is 18.3 Å².